The summed E-state index contributed by atoms with van der Waals surface area (Å²) in [4.78, 5) is 23.9. The van der Waals surface area contributed by atoms with E-state index in [1.165, 1.54) is 12.1 Å². The highest BCUT2D eigenvalue weighted by Gasteiger charge is 2.22. The third kappa shape index (κ3) is 3.26. The van der Waals surface area contributed by atoms with Crippen molar-refractivity contribution in [2.24, 2.45) is 0 Å². The van der Waals surface area contributed by atoms with Gasteiger partial charge in [0.05, 0.1) is 4.92 Å². The molecular weight excluding hydrogens is 288 g/mol. The number of nitrogens with zero attached hydrogens (tertiary/aromatic N) is 2. The van der Waals surface area contributed by atoms with Crippen molar-refractivity contribution in [3.63, 3.8) is 0 Å². The molecule has 1 amide bonds. The molecule has 5 nitrogen and oxygen atoms in total. The second-order valence-corrected chi connectivity index (χ2v) is 4.14. The number of halogens is 1. The Balaban J connectivity index is 3.06. The van der Waals surface area contributed by atoms with Crippen LogP contribution in [-0.4, -0.2) is 34.2 Å². The molecule has 0 bridgehead atoms. The van der Waals surface area contributed by atoms with Crippen LogP contribution in [0.15, 0.2) is 24.3 Å². The maximum Gasteiger partial charge on any atom is 0.282 e. The van der Waals surface area contributed by atoms with Crippen LogP contribution >= 0.6 is 15.9 Å². The molecule has 0 saturated heterocycles. The van der Waals surface area contributed by atoms with Crippen LogP contribution in [0.5, 0.6) is 0 Å². The van der Waals surface area contributed by atoms with Gasteiger partial charge in [0, 0.05) is 24.5 Å². The molecule has 0 heterocycles. The van der Waals surface area contributed by atoms with Gasteiger partial charge >= 0.3 is 0 Å². The summed E-state index contributed by atoms with van der Waals surface area (Å²) in [6, 6.07) is 6.00. The molecule has 0 atom stereocenters. The van der Waals surface area contributed by atoms with Crippen LogP contribution in [0, 0.1) is 10.1 Å². The quantitative estimate of drug-likeness (QED) is 0.477. The molecule has 0 spiro atoms. The van der Waals surface area contributed by atoms with E-state index in [9.17, 15) is 14.9 Å². The first kappa shape index (κ1) is 13.6. The number of nitro groups is 1. The highest BCUT2D eigenvalue weighted by Crippen LogP contribution is 2.19. The average molecular weight is 301 g/mol. The molecule has 1 aromatic rings. The molecule has 1 aromatic carbocycles. The lowest BCUT2D eigenvalue weighted by atomic mass is 10.1. The van der Waals surface area contributed by atoms with Gasteiger partial charge in [0.25, 0.3) is 11.6 Å². The molecule has 0 aliphatic carbocycles. The van der Waals surface area contributed by atoms with E-state index >= 15 is 0 Å². The first-order chi connectivity index (χ1) is 8.11. The fourth-order valence-corrected chi connectivity index (χ4v) is 1.92. The van der Waals surface area contributed by atoms with E-state index in [2.05, 4.69) is 15.9 Å². The van der Waals surface area contributed by atoms with Gasteiger partial charge in [0.1, 0.15) is 5.56 Å². The summed E-state index contributed by atoms with van der Waals surface area (Å²) >= 11 is 3.25. The van der Waals surface area contributed by atoms with Crippen LogP contribution < -0.4 is 0 Å². The lowest BCUT2D eigenvalue weighted by Crippen LogP contribution is -2.32. The van der Waals surface area contributed by atoms with Gasteiger partial charge in [-0.2, -0.15) is 0 Å². The second kappa shape index (κ2) is 6.34. The molecule has 0 aliphatic rings. The second-order valence-electron chi connectivity index (χ2n) is 3.35. The number of hydrogen-bond acceptors (Lipinski definition) is 3. The van der Waals surface area contributed by atoms with Gasteiger partial charge in [0.2, 0.25) is 0 Å². The Morgan fingerprint density at radius 2 is 2.12 bits per heavy atom. The third-order valence-corrected chi connectivity index (χ3v) is 2.71. The van der Waals surface area contributed by atoms with Crippen LogP contribution in [0.2, 0.25) is 0 Å². The summed E-state index contributed by atoms with van der Waals surface area (Å²) < 4.78 is 0. The van der Waals surface area contributed by atoms with Gasteiger partial charge in [-0.3, -0.25) is 14.9 Å². The minimum atomic E-state index is -0.533. The topological polar surface area (TPSA) is 63.5 Å². The summed E-state index contributed by atoms with van der Waals surface area (Å²) in [6.45, 7) is 2.90. The number of benzene rings is 1. The fraction of sp³-hybridized carbons (Fsp3) is 0.364. The molecule has 0 aliphatic heterocycles. The highest BCUT2D eigenvalue weighted by atomic mass is 79.9. The van der Waals surface area contributed by atoms with Crippen molar-refractivity contribution < 1.29 is 9.72 Å². The predicted octanol–water partition coefficient (Wildman–Crippen LogP) is 2.45. The Labute approximate surface area is 108 Å². The van der Waals surface area contributed by atoms with E-state index in [0.29, 0.717) is 18.4 Å². The Bertz CT molecular complexity index is 423. The van der Waals surface area contributed by atoms with E-state index in [1.807, 2.05) is 6.92 Å². The van der Waals surface area contributed by atoms with Crippen molar-refractivity contribution in [3.8, 4) is 0 Å². The lowest BCUT2D eigenvalue weighted by molar-refractivity contribution is -0.385. The Morgan fingerprint density at radius 1 is 1.47 bits per heavy atom. The van der Waals surface area contributed by atoms with Crippen LogP contribution in [0.1, 0.15) is 17.3 Å². The zero-order valence-corrected chi connectivity index (χ0v) is 11.0. The summed E-state index contributed by atoms with van der Waals surface area (Å²) in [5, 5.41) is 11.5. The Morgan fingerprint density at radius 3 is 2.65 bits per heavy atom. The predicted molar refractivity (Wildman–Crippen MR) is 68.5 cm³/mol. The van der Waals surface area contributed by atoms with E-state index in [4.69, 9.17) is 0 Å². The maximum atomic E-state index is 12.1. The molecule has 92 valence electrons. The van der Waals surface area contributed by atoms with Gasteiger partial charge in [-0.25, -0.2) is 0 Å². The van der Waals surface area contributed by atoms with Crippen molar-refractivity contribution in [2.45, 2.75) is 6.92 Å². The van der Waals surface area contributed by atoms with Crippen LogP contribution in [0.4, 0.5) is 5.69 Å². The van der Waals surface area contributed by atoms with E-state index in [1.54, 1.807) is 17.0 Å². The average Bonchev–Trinajstić information content (AvgIpc) is 2.35. The molecule has 17 heavy (non-hydrogen) atoms. The maximum absolute atomic E-state index is 12.1. The minimum absolute atomic E-state index is 0.139. The molecule has 0 aromatic heterocycles. The number of nitro benzene ring substituents is 1. The molecule has 0 unspecified atom stereocenters. The SMILES string of the molecule is CCN(CCBr)C(=O)c1ccccc1[N+](=O)[O-]. The van der Waals surface area contributed by atoms with Gasteiger partial charge in [-0.1, -0.05) is 28.1 Å². The van der Waals surface area contributed by atoms with Gasteiger partial charge < -0.3 is 4.90 Å². The van der Waals surface area contributed by atoms with Crippen molar-refractivity contribution >= 4 is 27.5 Å². The zero-order valence-electron chi connectivity index (χ0n) is 9.43. The number of carbonyl (C=O) groups is 1. The molecule has 0 radical (unpaired) electrons. The summed E-state index contributed by atoms with van der Waals surface area (Å²) in [6.07, 6.45) is 0. The lowest BCUT2D eigenvalue weighted by Gasteiger charge is -2.19. The number of hydrogen-bond donors (Lipinski definition) is 0. The molecule has 0 saturated carbocycles. The largest absolute Gasteiger partial charge is 0.338 e. The number of carbonyl (C=O) groups excluding carboxylic acids is 1. The first-order valence-electron chi connectivity index (χ1n) is 5.20. The Kier molecular flexibility index (Phi) is 5.09. The molecular formula is C11H13BrN2O3. The van der Waals surface area contributed by atoms with Crippen molar-refractivity contribution in [3.05, 3.63) is 39.9 Å². The van der Waals surface area contributed by atoms with Crippen molar-refractivity contribution in [1.82, 2.24) is 4.90 Å². The first-order valence-corrected chi connectivity index (χ1v) is 6.32. The monoisotopic (exact) mass is 300 g/mol. The number of para-hydroxylation sites is 1. The van der Waals surface area contributed by atoms with E-state index < -0.39 is 4.92 Å². The van der Waals surface area contributed by atoms with Crippen molar-refractivity contribution in [1.29, 1.82) is 0 Å². The normalized spacial score (nSPS) is 10.0. The van der Waals surface area contributed by atoms with E-state index in [-0.39, 0.29) is 17.2 Å². The Hall–Kier alpha value is -1.43. The fourth-order valence-electron chi connectivity index (χ4n) is 1.49. The van der Waals surface area contributed by atoms with Crippen LogP contribution in [0.25, 0.3) is 0 Å². The zero-order chi connectivity index (χ0) is 12.8. The van der Waals surface area contributed by atoms with Crippen LogP contribution in [-0.2, 0) is 0 Å². The third-order valence-electron chi connectivity index (χ3n) is 2.35. The van der Waals surface area contributed by atoms with Crippen LogP contribution in [0.3, 0.4) is 0 Å². The standard InChI is InChI=1S/C11H13BrN2O3/c1-2-13(8-7-12)11(15)9-5-3-4-6-10(9)14(16)17/h3-6H,2,7-8H2,1H3. The highest BCUT2D eigenvalue weighted by molar-refractivity contribution is 9.09. The number of rotatable bonds is 5. The molecule has 1 rings (SSSR count). The smallest absolute Gasteiger partial charge is 0.282 e. The summed E-state index contributed by atoms with van der Waals surface area (Å²) in [5.41, 5.74) is -0.00850. The summed E-state index contributed by atoms with van der Waals surface area (Å²) in [5.74, 6) is -0.306. The number of amides is 1. The molecule has 0 fully saturated rings. The van der Waals surface area contributed by atoms with Gasteiger partial charge in [0.15, 0.2) is 0 Å². The van der Waals surface area contributed by atoms with Crippen molar-refractivity contribution in [2.75, 3.05) is 18.4 Å². The van der Waals surface area contributed by atoms with E-state index in [0.717, 1.165) is 0 Å². The number of alkyl halides is 1. The van der Waals surface area contributed by atoms with Gasteiger partial charge in [-0.15, -0.1) is 0 Å². The minimum Gasteiger partial charge on any atom is -0.338 e. The summed E-state index contributed by atoms with van der Waals surface area (Å²) in [7, 11) is 0. The van der Waals surface area contributed by atoms with Gasteiger partial charge in [-0.05, 0) is 13.0 Å². The molecule has 0 N–H and O–H groups in total. The molecule has 6 heteroatoms.